The molecule has 0 saturated carbocycles. The Kier molecular flexibility index (Phi) is 11.0. The number of hydrogen-bond donors (Lipinski definition) is 1. The molecule has 10 heteroatoms. The minimum atomic E-state index is -4.18. The number of benzene rings is 4. The van der Waals surface area contributed by atoms with Gasteiger partial charge in [-0.1, -0.05) is 82.7 Å². The molecular formula is C33H34BrN3O5S. The number of carbonyl (C=O) groups excluding carboxylic acids is 2. The summed E-state index contributed by atoms with van der Waals surface area (Å²) < 4.78 is 35.3. The van der Waals surface area contributed by atoms with Gasteiger partial charge in [0, 0.05) is 30.0 Å². The lowest BCUT2D eigenvalue weighted by atomic mass is 10.0. The number of halogens is 1. The summed E-state index contributed by atoms with van der Waals surface area (Å²) in [6, 6.07) is 30.5. The van der Waals surface area contributed by atoms with E-state index in [0.29, 0.717) is 12.3 Å². The molecule has 0 spiro atoms. The van der Waals surface area contributed by atoms with Crippen LogP contribution in [-0.2, 0) is 32.6 Å². The van der Waals surface area contributed by atoms with E-state index in [1.807, 2.05) is 61.5 Å². The maximum Gasteiger partial charge on any atom is 0.264 e. The fourth-order valence-corrected chi connectivity index (χ4v) is 6.34. The quantitative estimate of drug-likeness (QED) is 0.206. The largest absolute Gasteiger partial charge is 0.497 e. The van der Waals surface area contributed by atoms with Crippen molar-refractivity contribution in [1.82, 2.24) is 10.2 Å². The zero-order chi connectivity index (χ0) is 30.8. The molecule has 0 aliphatic carbocycles. The second-order valence-corrected chi connectivity index (χ2v) is 12.6. The zero-order valence-corrected chi connectivity index (χ0v) is 26.4. The molecule has 4 aromatic rings. The van der Waals surface area contributed by atoms with Crippen molar-refractivity contribution in [3.8, 4) is 5.75 Å². The summed E-state index contributed by atoms with van der Waals surface area (Å²) in [5.41, 5.74) is 1.92. The number of hydrogen-bond acceptors (Lipinski definition) is 5. The van der Waals surface area contributed by atoms with Crippen LogP contribution >= 0.6 is 15.9 Å². The van der Waals surface area contributed by atoms with Gasteiger partial charge in [-0.15, -0.1) is 0 Å². The number of sulfonamides is 1. The van der Waals surface area contributed by atoms with Crippen LogP contribution in [0.2, 0.25) is 0 Å². The topological polar surface area (TPSA) is 96.0 Å². The van der Waals surface area contributed by atoms with Gasteiger partial charge in [-0.3, -0.25) is 13.9 Å². The molecule has 0 radical (unpaired) electrons. The predicted molar refractivity (Wildman–Crippen MR) is 171 cm³/mol. The first-order valence-corrected chi connectivity index (χ1v) is 16.0. The molecule has 0 unspecified atom stereocenters. The molecule has 1 atom stereocenters. The normalized spacial score (nSPS) is 11.8. The maximum atomic E-state index is 14.4. The number of anilines is 1. The Balaban J connectivity index is 1.79. The molecule has 0 aromatic heterocycles. The van der Waals surface area contributed by atoms with E-state index in [9.17, 15) is 18.0 Å². The van der Waals surface area contributed by atoms with Gasteiger partial charge in [0.25, 0.3) is 10.0 Å². The van der Waals surface area contributed by atoms with Gasteiger partial charge >= 0.3 is 0 Å². The first-order chi connectivity index (χ1) is 20.7. The number of carbonyl (C=O) groups is 2. The van der Waals surface area contributed by atoms with Crippen LogP contribution in [0.3, 0.4) is 0 Å². The first kappa shape index (κ1) is 31.8. The van der Waals surface area contributed by atoms with E-state index in [2.05, 4.69) is 21.2 Å². The predicted octanol–water partition coefficient (Wildman–Crippen LogP) is 5.43. The van der Waals surface area contributed by atoms with E-state index in [4.69, 9.17) is 4.74 Å². The SMILES string of the molecule is CCNC(=O)[C@H](Cc1ccccc1)N(Cc1ccc(Br)cc1)C(=O)CN(c1cccc(OC)c1)S(=O)(=O)c1ccccc1. The van der Waals surface area contributed by atoms with Gasteiger partial charge in [-0.25, -0.2) is 8.42 Å². The first-order valence-electron chi connectivity index (χ1n) is 13.8. The van der Waals surface area contributed by atoms with Crippen molar-refractivity contribution >= 4 is 43.5 Å². The number of nitrogens with one attached hydrogen (secondary N) is 1. The summed E-state index contributed by atoms with van der Waals surface area (Å²) in [5.74, 6) is -0.415. The van der Waals surface area contributed by atoms with Crippen LogP contribution in [-0.4, -0.2) is 51.4 Å². The van der Waals surface area contributed by atoms with E-state index < -0.39 is 28.5 Å². The molecule has 2 amide bonds. The number of amides is 2. The van der Waals surface area contributed by atoms with Crippen molar-refractivity contribution in [1.29, 1.82) is 0 Å². The Morgan fingerprint density at radius 2 is 1.51 bits per heavy atom. The Morgan fingerprint density at radius 3 is 2.14 bits per heavy atom. The fourth-order valence-electron chi connectivity index (χ4n) is 4.65. The number of ether oxygens (including phenoxy) is 1. The van der Waals surface area contributed by atoms with E-state index in [1.165, 1.54) is 24.1 Å². The third-order valence-corrected chi connectivity index (χ3v) is 9.16. The third-order valence-electron chi connectivity index (χ3n) is 6.84. The van der Waals surface area contributed by atoms with Crippen molar-refractivity contribution < 1.29 is 22.7 Å². The lowest BCUT2D eigenvalue weighted by Crippen LogP contribution is -2.53. The van der Waals surface area contributed by atoms with E-state index in [1.54, 1.807) is 42.5 Å². The van der Waals surface area contributed by atoms with Crippen molar-refractivity contribution in [2.24, 2.45) is 0 Å². The molecule has 0 heterocycles. The molecule has 0 aliphatic rings. The van der Waals surface area contributed by atoms with E-state index in [0.717, 1.165) is 19.9 Å². The highest BCUT2D eigenvalue weighted by atomic mass is 79.9. The highest BCUT2D eigenvalue weighted by molar-refractivity contribution is 9.10. The number of methoxy groups -OCH3 is 1. The van der Waals surface area contributed by atoms with Crippen LogP contribution in [0.25, 0.3) is 0 Å². The van der Waals surface area contributed by atoms with Gasteiger partial charge in [-0.05, 0) is 54.4 Å². The van der Waals surface area contributed by atoms with Crippen LogP contribution in [0, 0.1) is 0 Å². The second kappa shape index (κ2) is 14.8. The summed E-state index contributed by atoms with van der Waals surface area (Å²) in [4.78, 5) is 29.4. The smallest absolute Gasteiger partial charge is 0.264 e. The van der Waals surface area contributed by atoms with Crippen LogP contribution in [0.15, 0.2) is 119 Å². The van der Waals surface area contributed by atoms with Crippen molar-refractivity contribution in [3.63, 3.8) is 0 Å². The van der Waals surface area contributed by atoms with Crippen molar-refractivity contribution in [2.75, 3.05) is 24.5 Å². The number of nitrogens with zero attached hydrogens (tertiary/aromatic N) is 2. The Hall–Kier alpha value is -4.15. The highest BCUT2D eigenvalue weighted by Crippen LogP contribution is 2.28. The summed E-state index contributed by atoms with van der Waals surface area (Å²) in [7, 11) is -2.69. The van der Waals surface area contributed by atoms with Crippen LogP contribution in [0.5, 0.6) is 5.75 Å². The summed E-state index contributed by atoms with van der Waals surface area (Å²) in [6.07, 6.45) is 0.250. The Bertz CT molecular complexity index is 1620. The van der Waals surface area contributed by atoms with Crippen LogP contribution < -0.4 is 14.4 Å². The lowest BCUT2D eigenvalue weighted by Gasteiger charge is -2.34. The van der Waals surface area contributed by atoms with Crippen LogP contribution in [0.4, 0.5) is 5.69 Å². The monoisotopic (exact) mass is 663 g/mol. The molecule has 4 rings (SSSR count). The molecule has 0 saturated heterocycles. The van der Waals surface area contributed by atoms with Gasteiger partial charge in [0.1, 0.15) is 18.3 Å². The summed E-state index contributed by atoms with van der Waals surface area (Å²) in [6.45, 7) is 1.75. The molecule has 0 fully saturated rings. The lowest BCUT2D eigenvalue weighted by molar-refractivity contribution is -0.140. The number of rotatable bonds is 13. The molecule has 8 nitrogen and oxygen atoms in total. The second-order valence-electron chi connectivity index (χ2n) is 9.77. The maximum absolute atomic E-state index is 14.4. The molecule has 224 valence electrons. The molecule has 4 aromatic carbocycles. The molecule has 1 N–H and O–H groups in total. The van der Waals surface area contributed by atoms with Gasteiger partial charge < -0.3 is 15.0 Å². The minimum absolute atomic E-state index is 0.0367. The number of likely N-dealkylation sites (N-methyl/N-ethyl adjacent to an activating group) is 1. The Morgan fingerprint density at radius 1 is 0.860 bits per heavy atom. The summed E-state index contributed by atoms with van der Waals surface area (Å²) >= 11 is 3.44. The van der Waals surface area contributed by atoms with E-state index >= 15 is 0 Å². The fraction of sp³-hybridized carbons (Fsp3) is 0.212. The van der Waals surface area contributed by atoms with Gasteiger partial charge in [0.05, 0.1) is 17.7 Å². The zero-order valence-electron chi connectivity index (χ0n) is 24.0. The van der Waals surface area contributed by atoms with Crippen molar-refractivity contribution in [2.45, 2.75) is 30.8 Å². The average molecular weight is 665 g/mol. The van der Waals surface area contributed by atoms with Crippen molar-refractivity contribution in [3.05, 3.63) is 125 Å². The van der Waals surface area contributed by atoms with E-state index in [-0.39, 0.29) is 29.5 Å². The van der Waals surface area contributed by atoms with Gasteiger partial charge in [0.2, 0.25) is 11.8 Å². The highest BCUT2D eigenvalue weighted by Gasteiger charge is 2.34. The Labute approximate surface area is 261 Å². The average Bonchev–Trinajstić information content (AvgIpc) is 3.03. The standard InChI is InChI=1S/C33H34BrN3O5S/c1-3-35-33(39)31(21-25-11-6-4-7-12-25)36(23-26-17-19-27(34)20-18-26)32(38)24-37(28-13-10-14-29(22-28)42-2)43(40,41)30-15-8-5-9-16-30/h4-20,22,31H,3,21,23-24H2,1-2H3,(H,35,39)/t31-/m0/s1. The minimum Gasteiger partial charge on any atom is -0.497 e. The summed E-state index contributed by atoms with van der Waals surface area (Å²) in [5, 5.41) is 2.86. The molecule has 0 aliphatic heterocycles. The molecular weight excluding hydrogens is 630 g/mol. The third kappa shape index (κ3) is 8.24. The molecule has 43 heavy (non-hydrogen) atoms. The van der Waals surface area contributed by atoms with Gasteiger partial charge in [-0.2, -0.15) is 0 Å². The van der Waals surface area contributed by atoms with Crippen LogP contribution in [0.1, 0.15) is 18.1 Å². The van der Waals surface area contributed by atoms with Gasteiger partial charge in [0.15, 0.2) is 0 Å². The molecule has 0 bridgehead atoms.